The molecular formula is C19H21NO3. The Labute approximate surface area is 136 Å². The van der Waals surface area contributed by atoms with E-state index >= 15 is 0 Å². The number of hydrogen-bond acceptors (Lipinski definition) is 3. The molecule has 2 aromatic carbocycles. The Morgan fingerprint density at radius 3 is 2.39 bits per heavy atom. The molecule has 4 nitrogen and oxygen atoms in total. The van der Waals surface area contributed by atoms with Crippen LogP contribution in [0.5, 0.6) is 5.75 Å². The maximum Gasteiger partial charge on any atom is 0.251 e. The van der Waals surface area contributed by atoms with Gasteiger partial charge in [-0.05, 0) is 49.1 Å². The summed E-state index contributed by atoms with van der Waals surface area (Å²) in [6, 6.07) is 17.0. The topological polar surface area (TPSA) is 58.6 Å². The minimum atomic E-state index is -0.700. The van der Waals surface area contributed by atoms with Gasteiger partial charge in [0.25, 0.3) is 5.91 Å². The molecule has 1 aliphatic carbocycles. The molecule has 3 rings (SSSR count). The molecule has 0 heterocycles. The van der Waals surface area contributed by atoms with Gasteiger partial charge in [-0.2, -0.15) is 0 Å². The molecule has 23 heavy (non-hydrogen) atoms. The van der Waals surface area contributed by atoms with Crippen molar-refractivity contribution in [2.75, 3.05) is 6.54 Å². The van der Waals surface area contributed by atoms with Gasteiger partial charge in [0, 0.05) is 12.1 Å². The summed E-state index contributed by atoms with van der Waals surface area (Å²) in [5, 5.41) is 12.8. The fourth-order valence-corrected chi connectivity index (χ4v) is 2.55. The van der Waals surface area contributed by atoms with Crippen LogP contribution in [-0.2, 0) is 6.61 Å². The van der Waals surface area contributed by atoms with Gasteiger partial charge in [-0.15, -0.1) is 0 Å². The van der Waals surface area contributed by atoms with Gasteiger partial charge in [-0.25, -0.2) is 0 Å². The second-order valence-corrected chi connectivity index (χ2v) is 6.06. The van der Waals surface area contributed by atoms with E-state index in [1.165, 1.54) is 0 Å². The zero-order chi connectivity index (χ0) is 16.1. The molecule has 1 saturated carbocycles. The third-order valence-electron chi connectivity index (χ3n) is 4.23. The molecule has 1 aliphatic rings. The van der Waals surface area contributed by atoms with Crippen molar-refractivity contribution in [1.82, 2.24) is 5.32 Å². The fraction of sp³-hybridized carbons (Fsp3) is 0.316. The lowest BCUT2D eigenvalue weighted by atomic mass is 9.80. The minimum absolute atomic E-state index is 0.167. The molecule has 2 N–H and O–H groups in total. The summed E-state index contributed by atoms with van der Waals surface area (Å²) in [6.45, 7) is 0.817. The largest absolute Gasteiger partial charge is 0.489 e. The number of carbonyl (C=O) groups excluding carboxylic acids is 1. The molecule has 0 aromatic heterocycles. The molecule has 1 fully saturated rings. The molecule has 0 atom stereocenters. The van der Waals surface area contributed by atoms with Crippen LogP contribution in [-0.4, -0.2) is 23.2 Å². The highest BCUT2D eigenvalue weighted by molar-refractivity contribution is 5.94. The number of nitrogens with one attached hydrogen (secondary N) is 1. The highest BCUT2D eigenvalue weighted by Gasteiger charge is 2.34. The van der Waals surface area contributed by atoms with Crippen molar-refractivity contribution < 1.29 is 14.6 Å². The van der Waals surface area contributed by atoms with Crippen LogP contribution in [0.1, 0.15) is 35.2 Å². The molecule has 0 saturated heterocycles. The van der Waals surface area contributed by atoms with Gasteiger partial charge in [0.15, 0.2) is 0 Å². The van der Waals surface area contributed by atoms with E-state index in [1.54, 1.807) is 24.3 Å². The van der Waals surface area contributed by atoms with Gasteiger partial charge < -0.3 is 15.2 Å². The maximum atomic E-state index is 12.1. The van der Waals surface area contributed by atoms with Crippen LogP contribution in [0.15, 0.2) is 54.6 Å². The predicted octanol–water partition coefficient (Wildman–Crippen LogP) is 2.91. The first-order valence-electron chi connectivity index (χ1n) is 7.92. The van der Waals surface area contributed by atoms with Crippen molar-refractivity contribution in [2.24, 2.45) is 0 Å². The van der Waals surface area contributed by atoms with Crippen LogP contribution in [0.4, 0.5) is 0 Å². The highest BCUT2D eigenvalue weighted by Crippen LogP contribution is 2.30. The lowest BCUT2D eigenvalue weighted by Crippen LogP contribution is -2.47. The number of aliphatic hydroxyl groups is 1. The Hall–Kier alpha value is -2.33. The van der Waals surface area contributed by atoms with Crippen LogP contribution in [0.2, 0.25) is 0 Å². The van der Waals surface area contributed by atoms with Crippen molar-refractivity contribution in [3.05, 3.63) is 65.7 Å². The van der Waals surface area contributed by atoms with E-state index in [4.69, 9.17) is 4.74 Å². The summed E-state index contributed by atoms with van der Waals surface area (Å²) in [5.74, 6) is 0.558. The SMILES string of the molecule is O=C(NCC1(O)CCC1)c1ccc(OCc2ccccc2)cc1. The lowest BCUT2D eigenvalue weighted by molar-refractivity contribution is -0.0300. The van der Waals surface area contributed by atoms with Crippen molar-refractivity contribution in [3.8, 4) is 5.75 Å². The monoisotopic (exact) mass is 311 g/mol. The quantitative estimate of drug-likeness (QED) is 0.862. The van der Waals surface area contributed by atoms with Gasteiger partial charge in [0.1, 0.15) is 12.4 Å². The van der Waals surface area contributed by atoms with E-state index in [-0.39, 0.29) is 5.91 Å². The van der Waals surface area contributed by atoms with Crippen molar-refractivity contribution >= 4 is 5.91 Å². The summed E-state index contributed by atoms with van der Waals surface area (Å²) in [6.07, 6.45) is 2.55. The number of carbonyl (C=O) groups is 1. The molecule has 120 valence electrons. The average Bonchev–Trinajstić information content (AvgIpc) is 2.57. The van der Waals surface area contributed by atoms with Crippen LogP contribution >= 0.6 is 0 Å². The van der Waals surface area contributed by atoms with E-state index in [1.807, 2.05) is 30.3 Å². The maximum absolute atomic E-state index is 12.1. The number of amides is 1. The molecule has 4 heteroatoms. The normalized spacial score (nSPS) is 15.5. The third kappa shape index (κ3) is 4.11. The predicted molar refractivity (Wildman–Crippen MR) is 88.4 cm³/mol. The summed E-state index contributed by atoms with van der Waals surface area (Å²) in [5.41, 5.74) is 0.969. The Morgan fingerprint density at radius 1 is 1.09 bits per heavy atom. The second kappa shape index (κ2) is 6.84. The Morgan fingerprint density at radius 2 is 1.78 bits per heavy atom. The molecule has 2 aromatic rings. The Kier molecular flexibility index (Phi) is 4.63. The number of ether oxygens (including phenoxy) is 1. The first-order chi connectivity index (χ1) is 11.1. The van der Waals surface area contributed by atoms with Gasteiger partial charge in [0.2, 0.25) is 0 Å². The zero-order valence-electron chi connectivity index (χ0n) is 13.0. The fourth-order valence-electron chi connectivity index (χ4n) is 2.55. The molecule has 0 unspecified atom stereocenters. The van der Waals surface area contributed by atoms with Crippen LogP contribution < -0.4 is 10.1 Å². The van der Waals surface area contributed by atoms with Gasteiger partial charge in [0.05, 0.1) is 5.60 Å². The van der Waals surface area contributed by atoms with Crippen LogP contribution in [0.25, 0.3) is 0 Å². The second-order valence-electron chi connectivity index (χ2n) is 6.06. The molecular weight excluding hydrogens is 290 g/mol. The van der Waals surface area contributed by atoms with E-state index in [9.17, 15) is 9.90 Å². The van der Waals surface area contributed by atoms with Gasteiger partial charge in [-0.3, -0.25) is 4.79 Å². The Bertz CT molecular complexity index is 648. The van der Waals surface area contributed by atoms with E-state index in [2.05, 4.69) is 5.32 Å². The third-order valence-corrected chi connectivity index (χ3v) is 4.23. The van der Waals surface area contributed by atoms with E-state index in [0.717, 1.165) is 30.6 Å². The van der Waals surface area contributed by atoms with Gasteiger partial charge in [-0.1, -0.05) is 30.3 Å². The molecule has 1 amide bonds. The number of hydrogen-bond donors (Lipinski definition) is 2. The summed E-state index contributed by atoms with van der Waals surface area (Å²) in [4.78, 5) is 12.1. The summed E-state index contributed by atoms with van der Waals surface area (Å²) in [7, 11) is 0. The highest BCUT2D eigenvalue weighted by atomic mass is 16.5. The van der Waals surface area contributed by atoms with Gasteiger partial charge >= 0.3 is 0 Å². The van der Waals surface area contributed by atoms with Crippen molar-refractivity contribution in [1.29, 1.82) is 0 Å². The van der Waals surface area contributed by atoms with Crippen LogP contribution in [0, 0.1) is 0 Å². The average molecular weight is 311 g/mol. The van der Waals surface area contributed by atoms with Crippen LogP contribution in [0.3, 0.4) is 0 Å². The molecule has 0 spiro atoms. The molecule has 0 radical (unpaired) electrons. The first kappa shape index (κ1) is 15.6. The minimum Gasteiger partial charge on any atom is -0.489 e. The van der Waals surface area contributed by atoms with Crippen molar-refractivity contribution in [3.63, 3.8) is 0 Å². The zero-order valence-corrected chi connectivity index (χ0v) is 13.0. The standard InChI is InChI=1S/C19H21NO3/c21-18(20-14-19(22)11-4-12-19)16-7-9-17(10-8-16)23-13-15-5-2-1-3-6-15/h1-3,5-10,22H,4,11-14H2,(H,20,21). The van der Waals surface area contributed by atoms with E-state index in [0.29, 0.717) is 18.7 Å². The Balaban J connectivity index is 1.51. The first-order valence-corrected chi connectivity index (χ1v) is 7.92. The summed E-state index contributed by atoms with van der Waals surface area (Å²) >= 11 is 0. The summed E-state index contributed by atoms with van der Waals surface area (Å²) < 4.78 is 5.70. The number of rotatable bonds is 6. The van der Waals surface area contributed by atoms with Crippen molar-refractivity contribution in [2.45, 2.75) is 31.5 Å². The van der Waals surface area contributed by atoms with E-state index < -0.39 is 5.60 Å². The molecule has 0 aliphatic heterocycles. The smallest absolute Gasteiger partial charge is 0.251 e. The lowest BCUT2D eigenvalue weighted by Gasteiger charge is -2.36. The number of benzene rings is 2. The molecule has 0 bridgehead atoms.